The van der Waals surface area contributed by atoms with Crippen LogP contribution in [0, 0.1) is 20.8 Å². The van der Waals surface area contributed by atoms with Gasteiger partial charge in [-0.1, -0.05) is 36.4 Å². The molecule has 0 spiro atoms. The number of anilines is 8. The van der Waals surface area contributed by atoms with Crippen LogP contribution >= 0.6 is 34.0 Å². The molecule has 88 heavy (non-hydrogen) atoms. The minimum absolute atomic E-state index is 0.0732. The fourth-order valence-corrected chi connectivity index (χ4v) is 11.3. The predicted molar refractivity (Wildman–Crippen MR) is 346 cm³/mol. The fraction of sp³-hybridized carbons (Fsp3) is 0.136. The summed E-state index contributed by atoms with van der Waals surface area (Å²) in [5.41, 5.74) is 18.8. The molecule has 1 aliphatic rings. The van der Waals surface area contributed by atoms with Crippen LogP contribution in [0.15, 0.2) is 193 Å². The summed E-state index contributed by atoms with van der Waals surface area (Å²) in [5, 5.41) is 23.6. The monoisotopic (exact) mass is 1230 g/mol. The lowest BCUT2D eigenvalue weighted by molar-refractivity contribution is -0.137. The van der Waals surface area contributed by atoms with Crippen molar-refractivity contribution in [3.8, 4) is 33.8 Å². The van der Waals surface area contributed by atoms with Gasteiger partial charge in [-0.15, -0.1) is 34.0 Å². The molecule has 5 aromatic carbocycles. The molecule has 6 aromatic heterocycles. The van der Waals surface area contributed by atoms with Crippen LogP contribution in [0.5, 0.6) is 0 Å². The number of thiazole rings is 3. The maximum atomic E-state index is 12.9. The Labute approximate surface area is 517 Å². The van der Waals surface area contributed by atoms with E-state index < -0.39 is 23.6 Å². The van der Waals surface area contributed by atoms with Crippen LogP contribution in [0.2, 0.25) is 0 Å². The number of aryl methyl sites for hydroxylation is 3. The van der Waals surface area contributed by atoms with E-state index in [1.165, 1.54) is 64.5 Å². The lowest BCUT2D eigenvalue weighted by Crippen LogP contribution is -2.18. The van der Waals surface area contributed by atoms with Crippen molar-refractivity contribution in [2.45, 2.75) is 46.3 Å². The number of hydrogen-bond donors (Lipinski definition) is 6. The van der Waals surface area contributed by atoms with Crippen LogP contribution in [0.25, 0.3) is 33.8 Å². The van der Waals surface area contributed by atoms with Crippen LogP contribution in [0.4, 0.5) is 57.0 Å². The second kappa shape index (κ2) is 28.5. The first-order valence-corrected chi connectivity index (χ1v) is 30.3. The van der Waals surface area contributed by atoms with E-state index >= 15 is 0 Å². The maximum Gasteiger partial charge on any atom is 0.416 e. The van der Waals surface area contributed by atoms with E-state index in [0.29, 0.717) is 21.9 Å². The van der Waals surface area contributed by atoms with Crippen LogP contribution in [-0.4, -0.2) is 65.6 Å². The van der Waals surface area contributed by atoms with Crippen LogP contribution in [0.3, 0.4) is 0 Å². The highest BCUT2D eigenvalue weighted by molar-refractivity contribution is 7.14. The molecule has 1 saturated heterocycles. The number of aromatic nitrogens is 6. The summed E-state index contributed by atoms with van der Waals surface area (Å²) in [4.78, 5) is 65.2. The van der Waals surface area contributed by atoms with E-state index in [2.05, 4.69) is 73.5 Å². The lowest BCUT2D eigenvalue weighted by atomic mass is 10.1. The number of likely N-dealkylation sites (tertiary alicyclic amines) is 1. The number of nitrogens with zero attached hydrogens (tertiary/aromatic N) is 7. The Kier molecular flexibility index (Phi) is 19.8. The normalized spacial score (nSPS) is 12.0. The number of pyridine rings is 3. The van der Waals surface area contributed by atoms with Crippen molar-refractivity contribution in [3.05, 3.63) is 237 Å². The van der Waals surface area contributed by atoms with E-state index in [1.54, 1.807) is 67.5 Å². The van der Waals surface area contributed by atoms with Crippen LogP contribution < -0.4 is 32.3 Å². The van der Waals surface area contributed by atoms with Crippen LogP contribution in [0.1, 0.15) is 71.7 Å². The smallest absolute Gasteiger partial charge is 0.366 e. The van der Waals surface area contributed by atoms with Crippen molar-refractivity contribution < 1.29 is 27.6 Å². The largest absolute Gasteiger partial charge is 0.416 e. The third kappa shape index (κ3) is 16.5. The molecule has 22 heteroatoms. The van der Waals surface area contributed by atoms with Crippen molar-refractivity contribution >= 4 is 95.6 Å². The van der Waals surface area contributed by atoms with E-state index in [1.807, 2.05) is 110 Å². The molecule has 0 radical (unpaired) electrons. The first-order chi connectivity index (χ1) is 42.6. The van der Waals surface area contributed by atoms with Gasteiger partial charge in [-0.2, -0.15) is 13.2 Å². The van der Waals surface area contributed by atoms with E-state index in [4.69, 9.17) is 5.73 Å². The fourth-order valence-electron chi connectivity index (χ4n) is 9.06. The van der Waals surface area contributed by atoms with Gasteiger partial charge in [-0.25, -0.2) is 15.0 Å². The number of benzene rings is 5. The number of hydrogen-bond acceptors (Lipinski definition) is 16. The predicted octanol–water partition coefficient (Wildman–Crippen LogP) is 16.0. The van der Waals surface area contributed by atoms with Crippen molar-refractivity contribution in [1.82, 2.24) is 34.8 Å². The molecule has 3 amide bonds. The minimum atomic E-state index is -4.51. The lowest BCUT2D eigenvalue weighted by Gasteiger charge is -2.15. The standard InChI is InChI=1S/C27H27N5OS.C23H17F3N4OS.C16H14N4OS/c1-19-6-11-23(15-24(19)30-27-31-25(18-34-27)22-5-4-12-28-16-22)29-26(33)21-9-7-20(8-10-21)17-32-13-2-3-14-32;1-14-7-8-18(28-21(31)15-4-2-6-17(10-15)23(24,25)26)11-19(14)29-22-30-20(13-32-22)16-5-3-9-27-12-16;1-10-4-5-11(15(17)21)7-13(10)19-16-20-14(9-22-16)12-3-2-6-18-8-12/h4-12,15-16,18H,2-3,13-14,17H2,1H3,(H,29,33)(H,30,31);2-13H,1H3,(H,28,31)(H,29,30);2-9H,1H3,(H2,17,21)(H,19,20). The van der Waals surface area contributed by atoms with Gasteiger partial charge in [0.25, 0.3) is 11.8 Å². The molecular weight excluding hydrogens is 1180 g/mol. The zero-order chi connectivity index (χ0) is 61.6. The van der Waals surface area contributed by atoms with Gasteiger partial charge >= 0.3 is 6.18 Å². The van der Waals surface area contributed by atoms with Gasteiger partial charge in [-0.05, 0) is 172 Å². The minimum Gasteiger partial charge on any atom is -0.366 e. The van der Waals surface area contributed by atoms with Crippen molar-refractivity contribution in [3.63, 3.8) is 0 Å². The van der Waals surface area contributed by atoms with Crippen molar-refractivity contribution in [1.29, 1.82) is 0 Å². The highest BCUT2D eigenvalue weighted by Crippen LogP contribution is 2.34. The number of primary amides is 1. The van der Waals surface area contributed by atoms with Gasteiger partial charge in [0.05, 0.1) is 22.6 Å². The first kappa shape index (κ1) is 61.1. The Hall–Kier alpha value is -10.0. The van der Waals surface area contributed by atoms with Crippen molar-refractivity contribution in [2.24, 2.45) is 5.73 Å². The molecule has 7 heterocycles. The van der Waals surface area contributed by atoms with Gasteiger partial charge in [-0.3, -0.25) is 34.2 Å². The molecule has 0 unspecified atom stereocenters. The molecule has 11 aromatic rings. The van der Waals surface area contributed by atoms with Gasteiger partial charge in [0.2, 0.25) is 5.91 Å². The zero-order valence-corrected chi connectivity index (χ0v) is 50.3. The molecule has 12 rings (SSSR count). The summed E-state index contributed by atoms with van der Waals surface area (Å²) in [6.45, 7) is 9.17. The van der Waals surface area contributed by atoms with E-state index in [9.17, 15) is 27.6 Å². The second-order valence-corrected chi connectivity index (χ2v) is 22.9. The molecule has 444 valence electrons. The SMILES string of the molecule is Cc1ccc(C(N)=O)cc1Nc1nc(-c2cccnc2)cs1.Cc1ccc(NC(=O)c2ccc(CN3CCCC3)cc2)cc1Nc1nc(-c2cccnc2)cs1.Cc1ccc(NC(=O)c2cccc(C(F)(F)F)c2)cc1Nc1nc(-c2cccnc2)cs1. The van der Waals surface area contributed by atoms with Crippen molar-refractivity contribution in [2.75, 3.05) is 39.7 Å². The molecule has 1 fully saturated rings. The van der Waals surface area contributed by atoms with E-state index in [-0.39, 0.29) is 11.5 Å². The Bertz CT molecular complexity index is 4180. The number of nitrogens with one attached hydrogen (secondary N) is 5. The van der Waals surface area contributed by atoms with Gasteiger partial charge in [0.1, 0.15) is 0 Å². The van der Waals surface area contributed by atoms with Gasteiger partial charge in [0, 0.05) is 122 Å². The quantitative estimate of drug-likeness (QED) is 0.0531. The second-order valence-electron chi connectivity index (χ2n) is 20.3. The average molecular weight is 1230 g/mol. The molecule has 7 N–H and O–H groups in total. The average Bonchev–Trinajstić information content (AvgIpc) is 4.49. The maximum absolute atomic E-state index is 12.9. The Morgan fingerprint density at radius 2 is 0.943 bits per heavy atom. The van der Waals surface area contributed by atoms with E-state index in [0.717, 1.165) is 115 Å². The number of amides is 3. The van der Waals surface area contributed by atoms with Crippen LogP contribution in [-0.2, 0) is 12.7 Å². The topological polar surface area (TPSA) is 218 Å². The first-order valence-electron chi connectivity index (χ1n) is 27.7. The summed E-state index contributed by atoms with van der Waals surface area (Å²) >= 11 is 4.46. The highest BCUT2D eigenvalue weighted by atomic mass is 32.1. The molecule has 0 aliphatic carbocycles. The molecule has 0 bridgehead atoms. The number of carbonyl (C=O) groups excluding carboxylic acids is 3. The number of nitrogens with two attached hydrogens (primary N) is 1. The number of rotatable bonds is 16. The molecule has 1 aliphatic heterocycles. The molecule has 0 atom stereocenters. The highest BCUT2D eigenvalue weighted by Gasteiger charge is 2.31. The Morgan fingerprint density at radius 1 is 0.511 bits per heavy atom. The summed E-state index contributed by atoms with van der Waals surface area (Å²) in [6, 6.07) is 40.1. The summed E-state index contributed by atoms with van der Waals surface area (Å²) in [5.74, 6) is -1.19. The number of alkyl halides is 3. The Morgan fingerprint density at radius 3 is 1.38 bits per heavy atom. The summed E-state index contributed by atoms with van der Waals surface area (Å²) in [7, 11) is 0. The third-order valence-electron chi connectivity index (χ3n) is 13.9. The Balaban J connectivity index is 0.000000149. The molecule has 0 saturated carbocycles. The summed E-state index contributed by atoms with van der Waals surface area (Å²) in [6.07, 6.45) is 8.53. The third-order valence-corrected chi connectivity index (χ3v) is 16.2. The zero-order valence-electron chi connectivity index (χ0n) is 47.8. The molecular formula is C66H58F3N13O3S3. The number of halogens is 3. The van der Waals surface area contributed by atoms with Gasteiger partial charge < -0.3 is 32.3 Å². The van der Waals surface area contributed by atoms with Gasteiger partial charge in [0.15, 0.2) is 15.4 Å². The summed E-state index contributed by atoms with van der Waals surface area (Å²) < 4.78 is 38.8. The molecule has 16 nitrogen and oxygen atoms in total. The number of carbonyl (C=O) groups is 3.